The lowest BCUT2D eigenvalue weighted by Crippen LogP contribution is -2.19. The number of aryl methyl sites for hydroxylation is 1. The van der Waals surface area contributed by atoms with Gasteiger partial charge in [0.2, 0.25) is 5.95 Å². The van der Waals surface area contributed by atoms with Crippen molar-refractivity contribution in [3.63, 3.8) is 0 Å². The van der Waals surface area contributed by atoms with Crippen LogP contribution < -0.4 is 10.5 Å². The van der Waals surface area contributed by atoms with Crippen LogP contribution in [0, 0.1) is 13.8 Å². The Hall–Kier alpha value is -1.52. The molecule has 2 N–H and O–H groups in total. The zero-order chi connectivity index (χ0) is 15.1. The molecule has 0 fully saturated rings. The number of fused-ring (bicyclic) bond motifs is 1. The third-order valence-corrected chi connectivity index (χ3v) is 4.37. The van der Waals surface area contributed by atoms with Gasteiger partial charge in [0.05, 0.1) is 12.3 Å². The first-order valence-electron chi connectivity index (χ1n) is 6.69. The van der Waals surface area contributed by atoms with Gasteiger partial charge in [-0.05, 0) is 38.0 Å². The molecule has 4 nitrogen and oxygen atoms in total. The maximum absolute atomic E-state index is 6.38. The fraction of sp³-hybridized carbons (Fsp3) is 0.333. The molecule has 0 spiro atoms. The molecule has 0 saturated heterocycles. The van der Waals surface area contributed by atoms with Gasteiger partial charge in [0.15, 0.2) is 0 Å². The molecular formula is C15H15Cl2N3O. The number of hydrogen-bond acceptors (Lipinski definition) is 4. The molecule has 0 bridgehead atoms. The Bertz CT molecular complexity index is 719. The van der Waals surface area contributed by atoms with E-state index in [1.54, 1.807) is 12.1 Å². The average molecular weight is 324 g/mol. The van der Waals surface area contributed by atoms with E-state index in [2.05, 4.69) is 9.97 Å². The van der Waals surface area contributed by atoms with E-state index < -0.39 is 0 Å². The van der Waals surface area contributed by atoms with Crippen molar-refractivity contribution in [1.29, 1.82) is 0 Å². The molecule has 2 heterocycles. The lowest BCUT2D eigenvalue weighted by Gasteiger charge is -2.28. The Balaban J connectivity index is 2.19. The highest BCUT2D eigenvalue weighted by molar-refractivity contribution is 6.35. The Morgan fingerprint density at radius 3 is 2.76 bits per heavy atom. The summed E-state index contributed by atoms with van der Waals surface area (Å²) in [5, 5.41) is 1.16. The van der Waals surface area contributed by atoms with Crippen LogP contribution in [0.1, 0.15) is 34.9 Å². The Labute approximate surface area is 133 Å². The molecule has 0 saturated carbocycles. The maximum Gasteiger partial charge on any atom is 0.220 e. The van der Waals surface area contributed by atoms with Crippen molar-refractivity contribution in [2.75, 3.05) is 12.3 Å². The standard InChI is InChI=1S/C15H15Cl2N3O/c1-7-8(2)19-15(18)20-14(7)10-3-4-21-12-6-9(16)5-11(17)13(10)12/h5-6,10H,3-4H2,1-2H3,(H2,18,19,20). The largest absolute Gasteiger partial charge is 0.493 e. The van der Waals surface area contributed by atoms with E-state index in [1.807, 2.05) is 13.8 Å². The minimum absolute atomic E-state index is 0.0440. The maximum atomic E-state index is 6.38. The molecular weight excluding hydrogens is 309 g/mol. The summed E-state index contributed by atoms with van der Waals surface area (Å²) in [7, 11) is 0. The Morgan fingerprint density at radius 1 is 1.24 bits per heavy atom. The van der Waals surface area contributed by atoms with Crippen molar-refractivity contribution in [2.24, 2.45) is 0 Å². The molecule has 1 aromatic heterocycles. The van der Waals surface area contributed by atoms with E-state index >= 15 is 0 Å². The van der Waals surface area contributed by atoms with Crippen LogP contribution in [0.5, 0.6) is 5.75 Å². The number of benzene rings is 1. The summed E-state index contributed by atoms with van der Waals surface area (Å²) in [5.41, 5.74) is 9.56. The highest BCUT2D eigenvalue weighted by Crippen LogP contribution is 2.44. The molecule has 1 unspecified atom stereocenters. The fourth-order valence-electron chi connectivity index (χ4n) is 2.74. The van der Waals surface area contributed by atoms with Crippen LogP contribution in [-0.4, -0.2) is 16.6 Å². The van der Waals surface area contributed by atoms with Crippen LogP contribution >= 0.6 is 23.2 Å². The summed E-state index contributed by atoms with van der Waals surface area (Å²) < 4.78 is 5.69. The van der Waals surface area contributed by atoms with Crippen LogP contribution in [0.2, 0.25) is 10.0 Å². The van der Waals surface area contributed by atoms with E-state index in [4.69, 9.17) is 33.7 Å². The summed E-state index contributed by atoms with van der Waals surface area (Å²) >= 11 is 12.4. The third kappa shape index (κ3) is 2.54. The van der Waals surface area contributed by atoms with Gasteiger partial charge in [0.1, 0.15) is 5.75 Å². The smallest absolute Gasteiger partial charge is 0.220 e. The summed E-state index contributed by atoms with van der Waals surface area (Å²) in [6, 6.07) is 3.53. The van der Waals surface area contributed by atoms with E-state index in [9.17, 15) is 0 Å². The molecule has 1 aromatic carbocycles. The summed E-state index contributed by atoms with van der Waals surface area (Å²) in [4.78, 5) is 8.64. The SMILES string of the molecule is Cc1nc(N)nc(C2CCOc3cc(Cl)cc(Cl)c32)c1C. The van der Waals surface area contributed by atoms with Crippen LogP contribution in [-0.2, 0) is 0 Å². The summed E-state index contributed by atoms with van der Waals surface area (Å²) in [6.45, 7) is 4.53. The first-order valence-corrected chi connectivity index (χ1v) is 7.45. The van der Waals surface area contributed by atoms with E-state index in [1.165, 1.54) is 0 Å². The molecule has 0 amide bonds. The van der Waals surface area contributed by atoms with Gasteiger partial charge in [0, 0.05) is 27.2 Å². The molecule has 3 rings (SSSR count). The van der Waals surface area contributed by atoms with Crippen molar-refractivity contribution < 1.29 is 4.74 Å². The third-order valence-electron chi connectivity index (χ3n) is 3.84. The normalized spacial score (nSPS) is 17.2. The zero-order valence-electron chi connectivity index (χ0n) is 11.8. The molecule has 1 aliphatic rings. The molecule has 1 atom stereocenters. The van der Waals surface area contributed by atoms with Gasteiger partial charge in [-0.15, -0.1) is 0 Å². The highest BCUT2D eigenvalue weighted by atomic mass is 35.5. The van der Waals surface area contributed by atoms with Crippen molar-refractivity contribution >= 4 is 29.2 Å². The van der Waals surface area contributed by atoms with E-state index in [0.29, 0.717) is 16.7 Å². The highest BCUT2D eigenvalue weighted by Gasteiger charge is 2.29. The monoisotopic (exact) mass is 323 g/mol. The van der Waals surface area contributed by atoms with E-state index in [-0.39, 0.29) is 11.9 Å². The van der Waals surface area contributed by atoms with Crippen LogP contribution in [0.3, 0.4) is 0 Å². The lowest BCUT2D eigenvalue weighted by molar-refractivity contribution is 0.275. The van der Waals surface area contributed by atoms with Crippen molar-refractivity contribution in [3.8, 4) is 5.75 Å². The van der Waals surface area contributed by atoms with Crippen LogP contribution in [0.25, 0.3) is 0 Å². The second kappa shape index (κ2) is 5.35. The number of nitrogens with zero attached hydrogens (tertiary/aromatic N) is 2. The van der Waals surface area contributed by atoms with Gasteiger partial charge >= 0.3 is 0 Å². The Kier molecular flexibility index (Phi) is 3.68. The van der Waals surface area contributed by atoms with Gasteiger partial charge in [-0.2, -0.15) is 0 Å². The average Bonchev–Trinajstić information content (AvgIpc) is 2.41. The number of nitrogen functional groups attached to an aromatic ring is 1. The van der Waals surface area contributed by atoms with E-state index in [0.717, 1.165) is 34.7 Å². The lowest BCUT2D eigenvalue weighted by atomic mass is 9.87. The van der Waals surface area contributed by atoms with Crippen molar-refractivity contribution in [2.45, 2.75) is 26.2 Å². The second-order valence-electron chi connectivity index (χ2n) is 5.17. The topological polar surface area (TPSA) is 61.0 Å². The first-order chi connectivity index (χ1) is 9.97. The quantitative estimate of drug-likeness (QED) is 0.864. The number of halogens is 2. The summed E-state index contributed by atoms with van der Waals surface area (Å²) in [6.07, 6.45) is 0.797. The first kappa shape index (κ1) is 14.4. The van der Waals surface area contributed by atoms with Crippen molar-refractivity contribution in [1.82, 2.24) is 9.97 Å². The molecule has 110 valence electrons. The minimum Gasteiger partial charge on any atom is -0.493 e. The van der Waals surface area contributed by atoms with Gasteiger partial charge < -0.3 is 10.5 Å². The number of ether oxygens (including phenoxy) is 1. The summed E-state index contributed by atoms with van der Waals surface area (Å²) in [5.74, 6) is 1.05. The molecule has 0 radical (unpaired) electrons. The number of rotatable bonds is 1. The molecule has 2 aromatic rings. The molecule has 6 heteroatoms. The van der Waals surface area contributed by atoms with Crippen LogP contribution in [0.15, 0.2) is 12.1 Å². The number of aromatic nitrogens is 2. The zero-order valence-corrected chi connectivity index (χ0v) is 13.3. The van der Waals surface area contributed by atoms with Gasteiger partial charge in [-0.25, -0.2) is 9.97 Å². The Morgan fingerprint density at radius 2 is 2.00 bits per heavy atom. The molecule has 0 aliphatic carbocycles. The number of anilines is 1. The van der Waals surface area contributed by atoms with Gasteiger partial charge in [-0.3, -0.25) is 0 Å². The molecule has 1 aliphatic heterocycles. The second-order valence-corrected chi connectivity index (χ2v) is 6.01. The number of hydrogen-bond donors (Lipinski definition) is 1. The molecule has 21 heavy (non-hydrogen) atoms. The van der Waals surface area contributed by atoms with Gasteiger partial charge in [-0.1, -0.05) is 23.2 Å². The predicted molar refractivity (Wildman–Crippen MR) is 84.3 cm³/mol. The minimum atomic E-state index is 0.0440. The number of nitrogens with two attached hydrogens (primary N) is 1. The van der Waals surface area contributed by atoms with Gasteiger partial charge in [0.25, 0.3) is 0 Å². The van der Waals surface area contributed by atoms with Crippen LogP contribution in [0.4, 0.5) is 5.95 Å². The predicted octanol–water partition coefficient (Wildman–Crippen LogP) is 3.90. The van der Waals surface area contributed by atoms with Crippen molar-refractivity contribution in [3.05, 3.63) is 44.7 Å². The fourth-order valence-corrected chi connectivity index (χ4v) is 3.34.